The van der Waals surface area contributed by atoms with Crippen LogP contribution in [0.1, 0.15) is 28.3 Å². The Hall–Kier alpha value is -1.93. The topological polar surface area (TPSA) is 54.3 Å². The minimum atomic E-state index is -2.41. The molecule has 0 aliphatic rings. The Kier molecular flexibility index (Phi) is 7.87. The summed E-state index contributed by atoms with van der Waals surface area (Å²) < 4.78 is 42.4. The van der Waals surface area contributed by atoms with Crippen molar-refractivity contribution >= 4 is 17.7 Å². The fourth-order valence-electron chi connectivity index (χ4n) is 2.07. The van der Waals surface area contributed by atoms with Crippen molar-refractivity contribution in [2.75, 3.05) is 13.1 Å². The summed E-state index contributed by atoms with van der Waals surface area (Å²) in [7, 11) is 0. The molecular weight excluding hydrogens is 353 g/mol. The Bertz CT molecular complexity index is 662. The lowest BCUT2D eigenvalue weighted by Crippen LogP contribution is -2.27. The van der Waals surface area contributed by atoms with E-state index in [-0.39, 0.29) is 17.5 Å². The summed E-state index contributed by atoms with van der Waals surface area (Å²) in [6, 6.07) is 8.80. The Morgan fingerprint density at radius 3 is 2.52 bits per heavy atom. The highest BCUT2D eigenvalue weighted by molar-refractivity contribution is 7.98. The quantitative estimate of drug-likeness (QED) is 0.623. The van der Waals surface area contributed by atoms with Gasteiger partial charge in [0, 0.05) is 12.1 Å². The summed E-state index contributed by atoms with van der Waals surface area (Å²) in [5.74, 6) is -1.68. The van der Waals surface area contributed by atoms with Crippen LogP contribution in [0, 0.1) is 5.82 Å². The zero-order valence-electron chi connectivity index (χ0n) is 13.4. The van der Waals surface area contributed by atoms with E-state index in [1.165, 1.54) is 24.3 Å². The fourth-order valence-corrected chi connectivity index (χ4v) is 2.52. The average Bonchev–Trinajstić information content (AvgIpc) is 3.04. The minimum Gasteiger partial charge on any atom is -0.464 e. The summed E-state index contributed by atoms with van der Waals surface area (Å²) in [6.07, 6.45) is 0.710. The van der Waals surface area contributed by atoms with E-state index < -0.39 is 5.76 Å². The lowest BCUT2D eigenvalue weighted by Gasteiger charge is -2.06. The molecule has 0 aliphatic heterocycles. The Balaban J connectivity index is 1.57. The fraction of sp³-hybridized carbons (Fsp3) is 0.353. The summed E-state index contributed by atoms with van der Waals surface area (Å²) in [4.78, 5) is 11.8. The molecule has 0 saturated heterocycles. The van der Waals surface area contributed by atoms with E-state index in [0.29, 0.717) is 54.9 Å². The Labute approximate surface area is 148 Å². The molecule has 2 N–H and O–H groups in total. The van der Waals surface area contributed by atoms with E-state index >= 15 is 0 Å². The van der Waals surface area contributed by atoms with Crippen LogP contribution in [0.15, 0.2) is 40.8 Å². The minimum absolute atomic E-state index is 0.146. The van der Waals surface area contributed by atoms with E-state index in [0.717, 1.165) is 0 Å². The van der Waals surface area contributed by atoms with Gasteiger partial charge in [0.1, 0.15) is 17.3 Å². The average molecular weight is 372 g/mol. The third kappa shape index (κ3) is 7.23. The second kappa shape index (κ2) is 10.1. The van der Waals surface area contributed by atoms with E-state index in [1.807, 2.05) is 0 Å². The van der Waals surface area contributed by atoms with Gasteiger partial charge in [-0.3, -0.25) is 4.79 Å². The van der Waals surface area contributed by atoms with Crippen LogP contribution in [0.2, 0.25) is 0 Å². The lowest BCUT2D eigenvalue weighted by molar-refractivity contribution is 0.0953. The van der Waals surface area contributed by atoms with Gasteiger partial charge in [-0.2, -0.15) is 8.78 Å². The van der Waals surface area contributed by atoms with E-state index in [9.17, 15) is 18.0 Å². The third-order valence-corrected chi connectivity index (χ3v) is 3.99. The van der Waals surface area contributed by atoms with Crippen molar-refractivity contribution in [1.29, 1.82) is 0 Å². The molecule has 25 heavy (non-hydrogen) atoms. The van der Waals surface area contributed by atoms with Gasteiger partial charge in [0.15, 0.2) is 0 Å². The molecule has 1 aromatic carbocycles. The highest BCUT2D eigenvalue weighted by Gasteiger charge is 2.07. The van der Waals surface area contributed by atoms with Gasteiger partial charge in [0.2, 0.25) is 0 Å². The van der Waals surface area contributed by atoms with Gasteiger partial charge < -0.3 is 15.1 Å². The first-order chi connectivity index (χ1) is 12.0. The van der Waals surface area contributed by atoms with E-state index in [1.54, 1.807) is 12.1 Å². The van der Waals surface area contributed by atoms with Gasteiger partial charge in [-0.15, -0.1) is 0 Å². The van der Waals surface area contributed by atoms with E-state index in [2.05, 4.69) is 10.6 Å². The van der Waals surface area contributed by atoms with Crippen molar-refractivity contribution < 1.29 is 22.4 Å². The highest BCUT2D eigenvalue weighted by atomic mass is 32.2. The Morgan fingerprint density at radius 2 is 1.80 bits per heavy atom. The molecule has 0 unspecified atom stereocenters. The van der Waals surface area contributed by atoms with Crippen LogP contribution in [-0.4, -0.2) is 24.8 Å². The van der Waals surface area contributed by atoms with Gasteiger partial charge in [-0.25, -0.2) is 4.39 Å². The number of hydrogen-bond donors (Lipinski definition) is 2. The number of carbonyl (C=O) groups excluding carboxylic acids is 1. The standard InChI is InChI=1S/C17H19F3N2O2S/c18-13-4-2-12(3-5-13)16(23)22-9-1-8-21-10-14-6-7-15(24-14)11-25-17(19)20/h2-7,17,21H,1,8-11H2,(H,22,23). The number of alkyl halides is 2. The number of benzene rings is 1. The number of amides is 1. The Morgan fingerprint density at radius 1 is 1.08 bits per heavy atom. The zero-order chi connectivity index (χ0) is 18.1. The number of rotatable bonds is 10. The number of thioether (sulfide) groups is 1. The largest absolute Gasteiger partial charge is 0.464 e. The second-order valence-corrected chi connectivity index (χ2v) is 6.21. The lowest BCUT2D eigenvalue weighted by atomic mass is 10.2. The molecule has 0 spiro atoms. The predicted octanol–water partition coefficient (Wildman–Crippen LogP) is 3.78. The summed E-state index contributed by atoms with van der Waals surface area (Å²) in [5.41, 5.74) is 0.416. The molecule has 0 bridgehead atoms. The number of halogens is 3. The number of hydrogen-bond acceptors (Lipinski definition) is 4. The van der Waals surface area contributed by atoms with Crippen LogP contribution in [0.5, 0.6) is 0 Å². The monoisotopic (exact) mass is 372 g/mol. The van der Waals surface area contributed by atoms with Crippen LogP contribution in [0.4, 0.5) is 13.2 Å². The summed E-state index contributed by atoms with van der Waals surface area (Å²) >= 11 is 0.526. The molecule has 4 nitrogen and oxygen atoms in total. The maximum atomic E-state index is 12.8. The highest BCUT2D eigenvalue weighted by Crippen LogP contribution is 2.21. The SMILES string of the molecule is O=C(NCCCNCc1ccc(CSC(F)F)o1)c1ccc(F)cc1. The first kappa shape index (κ1) is 19.4. The maximum Gasteiger partial charge on any atom is 0.284 e. The van der Waals surface area contributed by atoms with Crippen molar-refractivity contribution in [2.45, 2.75) is 24.5 Å². The molecule has 1 amide bonds. The normalized spacial score (nSPS) is 11.0. The van der Waals surface area contributed by atoms with Crippen molar-refractivity contribution in [3.8, 4) is 0 Å². The van der Waals surface area contributed by atoms with Crippen LogP contribution >= 0.6 is 11.8 Å². The molecule has 0 radical (unpaired) electrons. The van der Waals surface area contributed by atoms with Crippen molar-refractivity contribution in [3.05, 3.63) is 59.3 Å². The zero-order valence-corrected chi connectivity index (χ0v) is 14.3. The smallest absolute Gasteiger partial charge is 0.284 e. The number of carbonyl (C=O) groups is 1. The van der Waals surface area contributed by atoms with Crippen LogP contribution in [-0.2, 0) is 12.3 Å². The molecule has 2 aromatic rings. The first-order valence-electron chi connectivity index (χ1n) is 7.76. The molecule has 0 saturated carbocycles. The summed E-state index contributed by atoms with van der Waals surface area (Å²) in [5, 5.41) is 5.90. The molecular formula is C17H19F3N2O2S. The van der Waals surface area contributed by atoms with Gasteiger partial charge in [0.25, 0.3) is 11.7 Å². The van der Waals surface area contributed by atoms with Crippen LogP contribution < -0.4 is 10.6 Å². The predicted molar refractivity (Wildman–Crippen MR) is 91.1 cm³/mol. The van der Waals surface area contributed by atoms with Crippen molar-refractivity contribution in [1.82, 2.24) is 10.6 Å². The van der Waals surface area contributed by atoms with Gasteiger partial charge in [0.05, 0.1) is 12.3 Å². The molecule has 0 aliphatic carbocycles. The van der Waals surface area contributed by atoms with Crippen LogP contribution in [0.3, 0.4) is 0 Å². The molecule has 0 atom stereocenters. The van der Waals surface area contributed by atoms with Gasteiger partial charge in [-0.1, -0.05) is 11.8 Å². The maximum absolute atomic E-state index is 12.8. The van der Waals surface area contributed by atoms with Gasteiger partial charge >= 0.3 is 0 Å². The molecule has 136 valence electrons. The third-order valence-electron chi connectivity index (χ3n) is 3.29. The van der Waals surface area contributed by atoms with Crippen molar-refractivity contribution in [3.63, 3.8) is 0 Å². The summed E-state index contributed by atoms with van der Waals surface area (Å²) in [6.45, 7) is 1.63. The molecule has 8 heteroatoms. The van der Waals surface area contributed by atoms with Crippen LogP contribution in [0.25, 0.3) is 0 Å². The molecule has 1 aromatic heterocycles. The first-order valence-corrected chi connectivity index (χ1v) is 8.81. The molecule has 0 fully saturated rings. The number of furan rings is 1. The van der Waals surface area contributed by atoms with Gasteiger partial charge in [-0.05, 0) is 49.4 Å². The molecule has 1 heterocycles. The number of nitrogens with one attached hydrogen (secondary N) is 2. The van der Waals surface area contributed by atoms with E-state index in [4.69, 9.17) is 4.42 Å². The van der Waals surface area contributed by atoms with Crippen molar-refractivity contribution in [2.24, 2.45) is 0 Å². The second-order valence-electron chi connectivity index (χ2n) is 5.23. The molecule has 2 rings (SSSR count).